The lowest BCUT2D eigenvalue weighted by Crippen LogP contribution is -2.22. The fourth-order valence-corrected chi connectivity index (χ4v) is 7.88. The van der Waals surface area contributed by atoms with Gasteiger partial charge in [-0.25, -0.2) is 37.5 Å². The Balaban J connectivity index is 0.915. The van der Waals surface area contributed by atoms with Gasteiger partial charge in [0.2, 0.25) is 11.6 Å². The molecule has 0 unspecified atom stereocenters. The molecule has 8 aromatic rings. The third-order valence-electron chi connectivity index (χ3n) is 9.36. The summed E-state index contributed by atoms with van der Waals surface area (Å²) in [7, 11) is 0. The van der Waals surface area contributed by atoms with E-state index in [4.69, 9.17) is 11.5 Å². The highest BCUT2D eigenvalue weighted by atomic mass is 32.1. The zero-order chi connectivity index (χ0) is 45.8. The number of carbonyl (C=O) groups excluding carboxylic acids is 4. The van der Waals surface area contributed by atoms with Crippen LogP contribution in [-0.4, -0.2) is 48.3 Å². The average Bonchev–Trinajstić information content (AvgIpc) is 3.86. The van der Waals surface area contributed by atoms with E-state index in [0.29, 0.717) is 0 Å². The fraction of sp³-hybridized carbons (Fsp3) is 0.0227. The molecule has 0 atom stereocenters. The maximum absolute atomic E-state index is 16.2. The number of ketones is 2. The number of anilines is 7. The number of pyridine rings is 3. The largest absolute Gasteiger partial charge is 0.382 e. The molecule has 324 valence electrons. The van der Waals surface area contributed by atoms with E-state index >= 15 is 8.78 Å². The first-order valence-corrected chi connectivity index (χ1v) is 20.5. The molecule has 2 amide bonds. The third kappa shape index (κ3) is 9.50. The molecular weight excluding hydrogens is 887 g/mol. The predicted molar refractivity (Wildman–Crippen MR) is 236 cm³/mol. The lowest BCUT2D eigenvalue weighted by atomic mass is 9.98. The Labute approximate surface area is 372 Å². The van der Waals surface area contributed by atoms with Crippen LogP contribution >= 0.6 is 22.7 Å². The van der Waals surface area contributed by atoms with Crippen molar-refractivity contribution >= 4 is 85.3 Å². The van der Waals surface area contributed by atoms with Crippen molar-refractivity contribution in [2.75, 3.05) is 27.4 Å². The van der Waals surface area contributed by atoms with Crippen LogP contribution in [0.15, 0.2) is 116 Å². The molecule has 3 aromatic carbocycles. The number of aromatic nitrogens is 5. The van der Waals surface area contributed by atoms with E-state index in [1.54, 1.807) is 18.5 Å². The summed E-state index contributed by atoms with van der Waals surface area (Å²) in [5.41, 5.74) is 11.8. The minimum atomic E-state index is -1.18. The number of amides is 2. The van der Waals surface area contributed by atoms with Crippen molar-refractivity contribution < 1.29 is 36.7 Å². The van der Waals surface area contributed by atoms with Gasteiger partial charge in [0.1, 0.15) is 56.3 Å². The SMILES string of the molecule is Nc1nc(Nc2ccc(C(=O)Nc3cccc(-c4ccc(F)c(C(=O)c5sc(Nc6ccc(C(=O)NCc7cccnc7)cn6)nc5N)c4F)c3)cn2)sc1C(=O)c1c(F)cccc1F. The number of nitrogens with one attached hydrogen (secondary N) is 4. The quantitative estimate of drug-likeness (QED) is 0.0446. The van der Waals surface area contributed by atoms with E-state index < -0.39 is 51.9 Å². The highest BCUT2D eigenvalue weighted by Gasteiger charge is 2.28. The van der Waals surface area contributed by atoms with Gasteiger partial charge in [0.25, 0.3) is 11.8 Å². The Morgan fingerprint density at radius 3 is 1.78 bits per heavy atom. The molecule has 0 saturated heterocycles. The second kappa shape index (κ2) is 18.5. The number of rotatable bonds is 14. The van der Waals surface area contributed by atoms with Crippen LogP contribution in [0.2, 0.25) is 0 Å². The van der Waals surface area contributed by atoms with Gasteiger partial charge in [-0.2, -0.15) is 0 Å². The van der Waals surface area contributed by atoms with Gasteiger partial charge in [0, 0.05) is 42.6 Å². The van der Waals surface area contributed by atoms with Crippen LogP contribution in [0.5, 0.6) is 0 Å². The van der Waals surface area contributed by atoms with Crippen molar-refractivity contribution in [2.45, 2.75) is 6.54 Å². The maximum atomic E-state index is 16.2. The molecule has 0 spiro atoms. The van der Waals surface area contributed by atoms with E-state index in [0.717, 1.165) is 58.6 Å². The number of hydrogen-bond donors (Lipinski definition) is 6. The van der Waals surface area contributed by atoms with Gasteiger partial charge >= 0.3 is 0 Å². The average molecular weight is 916 g/mol. The second-order valence-electron chi connectivity index (χ2n) is 13.7. The van der Waals surface area contributed by atoms with Crippen LogP contribution < -0.4 is 32.7 Å². The first kappa shape index (κ1) is 43.2. The van der Waals surface area contributed by atoms with Crippen LogP contribution in [0.1, 0.15) is 56.7 Å². The molecule has 15 nitrogen and oxygen atoms in total. The Morgan fingerprint density at radius 2 is 1.20 bits per heavy atom. The van der Waals surface area contributed by atoms with Crippen LogP contribution in [-0.2, 0) is 6.54 Å². The Bertz CT molecular complexity index is 3110. The highest BCUT2D eigenvalue weighted by molar-refractivity contribution is 7.18. The lowest BCUT2D eigenvalue weighted by molar-refractivity contribution is 0.0948. The van der Waals surface area contributed by atoms with Gasteiger partial charge in [0.15, 0.2) is 10.3 Å². The zero-order valence-electron chi connectivity index (χ0n) is 33.0. The molecule has 0 saturated carbocycles. The summed E-state index contributed by atoms with van der Waals surface area (Å²) in [6.45, 7) is 0.267. The molecule has 0 fully saturated rings. The molecule has 0 radical (unpaired) electrons. The molecule has 8 N–H and O–H groups in total. The first-order chi connectivity index (χ1) is 31.3. The number of thiazole rings is 2. The molecule has 0 aliphatic carbocycles. The molecule has 8 rings (SSSR count). The number of halogens is 4. The van der Waals surface area contributed by atoms with Gasteiger partial charge in [-0.05, 0) is 77.9 Å². The Morgan fingerprint density at radius 1 is 0.615 bits per heavy atom. The highest BCUT2D eigenvalue weighted by Crippen LogP contribution is 2.35. The molecule has 5 aromatic heterocycles. The minimum absolute atomic E-state index is 0.0942. The summed E-state index contributed by atoms with van der Waals surface area (Å²) < 4.78 is 59.9. The van der Waals surface area contributed by atoms with E-state index in [-0.39, 0.29) is 83.7 Å². The second-order valence-corrected chi connectivity index (χ2v) is 15.7. The molecular formula is C44H29F4N11O4S2. The number of nitrogen functional groups attached to an aromatic ring is 2. The summed E-state index contributed by atoms with van der Waals surface area (Å²) in [5, 5.41) is 11.4. The third-order valence-corrected chi connectivity index (χ3v) is 11.3. The van der Waals surface area contributed by atoms with Gasteiger partial charge < -0.3 is 32.7 Å². The normalized spacial score (nSPS) is 10.9. The van der Waals surface area contributed by atoms with Gasteiger partial charge in [-0.1, -0.05) is 46.9 Å². The van der Waals surface area contributed by atoms with Crippen molar-refractivity contribution in [3.8, 4) is 11.1 Å². The molecule has 65 heavy (non-hydrogen) atoms. The topological polar surface area (TPSA) is 233 Å². The van der Waals surface area contributed by atoms with Crippen LogP contribution in [0.25, 0.3) is 11.1 Å². The van der Waals surface area contributed by atoms with E-state index in [1.807, 2.05) is 6.07 Å². The van der Waals surface area contributed by atoms with Crippen molar-refractivity contribution in [3.63, 3.8) is 0 Å². The molecule has 0 bridgehead atoms. The fourth-order valence-electron chi connectivity index (χ4n) is 6.20. The predicted octanol–water partition coefficient (Wildman–Crippen LogP) is 8.30. The molecule has 0 aliphatic heterocycles. The van der Waals surface area contributed by atoms with Gasteiger partial charge in [-0.3, -0.25) is 24.2 Å². The van der Waals surface area contributed by atoms with Crippen molar-refractivity contribution in [1.29, 1.82) is 0 Å². The molecule has 21 heteroatoms. The minimum Gasteiger partial charge on any atom is -0.382 e. The summed E-state index contributed by atoms with van der Waals surface area (Å²) in [5.74, 6) is -7.50. The monoisotopic (exact) mass is 915 g/mol. The van der Waals surface area contributed by atoms with Crippen LogP contribution in [0, 0.1) is 23.3 Å². The maximum Gasteiger partial charge on any atom is 0.257 e. The number of hydrogen-bond acceptors (Lipinski definition) is 15. The Kier molecular flexibility index (Phi) is 12.3. The van der Waals surface area contributed by atoms with E-state index in [1.165, 1.54) is 60.9 Å². The standard InChI is InChI=1S/C44H29F4N11O4S2/c45-27-7-2-8-28(46)32(27)35(60)37-39(49)58-43(64-37)57-31-14-10-24(20-53-31)42(63)55-25-6-1-5-22(16-25)26-11-12-29(47)33(34(26)48)36(61)38-40(50)59-44(65-38)56-30-13-9-23(19-52-30)41(62)54-18-21-4-3-15-51-17-21/h1-17,19-20H,18,49-50H2,(H,54,62)(H,55,63)(H,52,56,59)(H,53,57,58). The smallest absolute Gasteiger partial charge is 0.257 e. The zero-order valence-corrected chi connectivity index (χ0v) is 34.7. The Hall–Kier alpha value is -8.43. The molecule has 0 aliphatic rings. The van der Waals surface area contributed by atoms with Crippen molar-refractivity contribution in [3.05, 3.63) is 177 Å². The summed E-state index contributed by atoms with van der Waals surface area (Å²) >= 11 is 1.50. The van der Waals surface area contributed by atoms with E-state index in [9.17, 15) is 28.0 Å². The van der Waals surface area contributed by atoms with Gasteiger partial charge in [0.05, 0.1) is 22.3 Å². The van der Waals surface area contributed by atoms with Crippen LogP contribution in [0.3, 0.4) is 0 Å². The number of carbonyl (C=O) groups is 4. The lowest BCUT2D eigenvalue weighted by Gasteiger charge is -2.11. The number of benzene rings is 3. The van der Waals surface area contributed by atoms with Crippen LogP contribution in [0.4, 0.5) is 56.8 Å². The molecule has 5 heterocycles. The summed E-state index contributed by atoms with van der Waals surface area (Å²) in [6, 6.07) is 20.6. The number of nitrogens with zero attached hydrogens (tertiary/aromatic N) is 5. The van der Waals surface area contributed by atoms with Gasteiger partial charge in [-0.15, -0.1) is 0 Å². The summed E-state index contributed by atoms with van der Waals surface area (Å²) in [4.78, 5) is 72.5. The summed E-state index contributed by atoms with van der Waals surface area (Å²) in [6.07, 6.45) is 5.83. The first-order valence-electron chi connectivity index (χ1n) is 18.9. The van der Waals surface area contributed by atoms with Crippen molar-refractivity contribution in [2.24, 2.45) is 0 Å². The van der Waals surface area contributed by atoms with Crippen molar-refractivity contribution in [1.82, 2.24) is 30.2 Å². The van der Waals surface area contributed by atoms with E-state index in [2.05, 4.69) is 46.2 Å². The number of nitrogens with two attached hydrogens (primary N) is 2.